The summed E-state index contributed by atoms with van der Waals surface area (Å²) in [6.07, 6.45) is 0.0891. The lowest BCUT2D eigenvalue weighted by Gasteiger charge is -2.17. The van der Waals surface area contributed by atoms with Crippen LogP contribution in [-0.2, 0) is 9.59 Å². The normalized spacial score (nSPS) is 15.3. The highest BCUT2D eigenvalue weighted by Crippen LogP contribution is 2.28. The number of carbonyl (C=O) groups is 3. The second-order valence-electron chi connectivity index (χ2n) is 7.57. The van der Waals surface area contributed by atoms with Crippen molar-refractivity contribution >= 4 is 46.4 Å². The van der Waals surface area contributed by atoms with Crippen molar-refractivity contribution in [3.05, 3.63) is 83.4 Å². The minimum Gasteiger partial charge on any atom is -0.497 e. The molecule has 0 radical (unpaired) electrons. The van der Waals surface area contributed by atoms with E-state index in [2.05, 4.69) is 10.6 Å². The lowest BCUT2D eigenvalue weighted by Crippen LogP contribution is -2.28. The molecule has 1 atom stereocenters. The molecule has 0 saturated carbocycles. The fourth-order valence-corrected chi connectivity index (χ4v) is 3.86. The number of para-hydroxylation sites is 2. The number of halogens is 1. The topological polar surface area (TPSA) is 87.7 Å². The molecule has 2 N–H and O–H groups in total. The van der Waals surface area contributed by atoms with Crippen molar-refractivity contribution in [3.63, 3.8) is 0 Å². The van der Waals surface area contributed by atoms with E-state index in [0.29, 0.717) is 33.4 Å². The number of rotatable bonds is 6. The van der Waals surface area contributed by atoms with Crippen LogP contribution >= 0.6 is 11.6 Å². The van der Waals surface area contributed by atoms with E-state index in [1.165, 1.54) is 0 Å². The molecule has 7 nitrogen and oxygen atoms in total. The van der Waals surface area contributed by atoms with Gasteiger partial charge in [-0.25, -0.2) is 0 Å². The second kappa shape index (κ2) is 9.75. The molecule has 0 unspecified atom stereocenters. The Morgan fingerprint density at radius 3 is 2.30 bits per heavy atom. The predicted molar refractivity (Wildman–Crippen MR) is 128 cm³/mol. The van der Waals surface area contributed by atoms with E-state index in [9.17, 15) is 14.4 Å². The Balaban J connectivity index is 1.46. The quantitative estimate of drug-likeness (QED) is 0.559. The SMILES string of the molecule is COc1ccc(N2C[C@@H](C(=O)Nc3ccccc3C(=O)Nc3ccccc3Cl)CC2=O)cc1. The van der Waals surface area contributed by atoms with Gasteiger partial charge in [0.05, 0.1) is 35.0 Å². The van der Waals surface area contributed by atoms with E-state index in [1.807, 2.05) is 0 Å². The van der Waals surface area contributed by atoms with Crippen LogP contribution in [0, 0.1) is 5.92 Å². The molecule has 0 aliphatic carbocycles. The average molecular weight is 464 g/mol. The second-order valence-corrected chi connectivity index (χ2v) is 7.98. The smallest absolute Gasteiger partial charge is 0.257 e. The molecule has 1 aliphatic rings. The van der Waals surface area contributed by atoms with Crippen molar-refractivity contribution in [1.29, 1.82) is 0 Å². The summed E-state index contributed by atoms with van der Waals surface area (Å²) in [6, 6.07) is 20.7. The lowest BCUT2D eigenvalue weighted by molar-refractivity contribution is -0.122. The molecule has 8 heteroatoms. The van der Waals surface area contributed by atoms with Gasteiger partial charge >= 0.3 is 0 Å². The average Bonchev–Trinajstić information content (AvgIpc) is 3.22. The van der Waals surface area contributed by atoms with E-state index in [-0.39, 0.29) is 24.8 Å². The first kappa shape index (κ1) is 22.4. The molecule has 1 saturated heterocycles. The summed E-state index contributed by atoms with van der Waals surface area (Å²) >= 11 is 6.13. The zero-order chi connectivity index (χ0) is 23.4. The number of nitrogens with one attached hydrogen (secondary N) is 2. The van der Waals surface area contributed by atoms with Crippen LogP contribution in [0.3, 0.4) is 0 Å². The third kappa shape index (κ3) is 4.99. The predicted octanol–water partition coefficient (Wildman–Crippen LogP) is 4.59. The third-order valence-electron chi connectivity index (χ3n) is 5.43. The van der Waals surface area contributed by atoms with Crippen LogP contribution < -0.4 is 20.3 Å². The first-order valence-corrected chi connectivity index (χ1v) is 10.7. The van der Waals surface area contributed by atoms with Gasteiger partial charge in [-0.05, 0) is 48.5 Å². The molecular formula is C25H22ClN3O4. The van der Waals surface area contributed by atoms with E-state index < -0.39 is 11.8 Å². The zero-order valence-electron chi connectivity index (χ0n) is 17.9. The van der Waals surface area contributed by atoms with E-state index >= 15 is 0 Å². The summed E-state index contributed by atoms with van der Waals surface area (Å²) in [4.78, 5) is 39.9. The highest BCUT2D eigenvalue weighted by atomic mass is 35.5. The number of benzene rings is 3. The van der Waals surface area contributed by atoms with Gasteiger partial charge in [0.15, 0.2) is 0 Å². The number of nitrogens with zero attached hydrogens (tertiary/aromatic N) is 1. The fourth-order valence-electron chi connectivity index (χ4n) is 3.67. The number of amides is 3. The molecule has 0 aromatic heterocycles. The molecule has 168 valence electrons. The Morgan fingerprint density at radius 1 is 0.939 bits per heavy atom. The molecule has 3 aromatic rings. The highest BCUT2D eigenvalue weighted by Gasteiger charge is 2.35. The first-order chi connectivity index (χ1) is 16.0. The molecule has 1 fully saturated rings. The molecule has 1 heterocycles. The lowest BCUT2D eigenvalue weighted by atomic mass is 10.1. The third-order valence-corrected chi connectivity index (χ3v) is 5.76. The summed E-state index contributed by atoms with van der Waals surface area (Å²) in [5.41, 5.74) is 1.84. The van der Waals surface area contributed by atoms with Crippen LogP contribution in [-0.4, -0.2) is 31.4 Å². The summed E-state index contributed by atoms with van der Waals surface area (Å²) < 4.78 is 5.15. The maximum atomic E-state index is 13.0. The molecule has 3 aromatic carbocycles. The van der Waals surface area contributed by atoms with Gasteiger partial charge in [0, 0.05) is 18.7 Å². The van der Waals surface area contributed by atoms with E-state index in [1.54, 1.807) is 84.8 Å². The first-order valence-electron chi connectivity index (χ1n) is 10.4. The van der Waals surface area contributed by atoms with Crippen LogP contribution in [0.2, 0.25) is 5.02 Å². The number of hydrogen-bond donors (Lipinski definition) is 2. The number of hydrogen-bond acceptors (Lipinski definition) is 4. The summed E-state index contributed by atoms with van der Waals surface area (Å²) in [7, 11) is 1.57. The van der Waals surface area contributed by atoms with Crippen LogP contribution in [0.15, 0.2) is 72.8 Å². The summed E-state index contributed by atoms with van der Waals surface area (Å²) in [5.74, 6) is -0.713. The van der Waals surface area contributed by atoms with E-state index in [4.69, 9.17) is 16.3 Å². The van der Waals surface area contributed by atoms with E-state index in [0.717, 1.165) is 0 Å². The van der Waals surface area contributed by atoms with Gasteiger partial charge in [0.2, 0.25) is 11.8 Å². The number of anilines is 3. The number of methoxy groups -OCH3 is 1. The van der Waals surface area contributed by atoms with Gasteiger partial charge in [-0.1, -0.05) is 35.9 Å². The monoisotopic (exact) mass is 463 g/mol. The maximum absolute atomic E-state index is 13.0. The largest absolute Gasteiger partial charge is 0.497 e. The Bertz CT molecular complexity index is 1200. The van der Waals surface area contributed by atoms with Crippen molar-refractivity contribution in [2.24, 2.45) is 5.92 Å². The number of ether oxygens (including phenoxy) is 1. The van der Waals surface area contributed by atoms with Gasteiger partial charge < -0.3 is 20.3 Å². The molecular weight excluding hydrogens is 442 g/mol. The molecule has 4 rings (SSSR count). The van der Waals surface area contributed by atoms with Gasteiger partial charge in [-0.15, -0.1) is 0 Å². The zero-order valence-corrected chi connectivity index (χ0v) is 18.6. The minimum absolute atomic E-state index is 0.0891. The van der Waals surface area contributed by atoms with Crippen molar-refractivity contribution in [1.82, 2.24) is 0 Å². The molecule has 3 amide bonds. The maximum Gasteiger partial charge on any atom is 0.257 e. The standard InChI is InChI=1S/C25H22ClN3O4/c1-33-18-12-10-17(11-13-18)29-15-16(14-23(29)30)24(31)27-21-8-4-2-6-19(21)25(32)28-22-9-5-3-7-20(22)26/h2-13,16H,14-15H2,1H3,(H,27,31)(H,28,32)/t16-/m0/s1. The van der Waals surface area contributed by atoms with Crippen LogP contribution in [0.4, 0.5) is 17.1 Å². The Hall–Kier alpha value is -3.84. The van der Waals surface area contributed by atoms with Gasteiger partial charge in [-0.3, -0.25) is 14.4 Å². The van der Waals surface area contributed by atoms with Crippen molar-refractivity contribution in [2.75, 3.05) is 29.2 Å². The van der Waals surface area contributed by atoms with Crippen molar-refractivity contribution in [3.8, 4) is 5.75 Å². The Labute approximate surface area is 196 Å². The molecule has 1 aliphatic heterocycles. The fraction of sp³-hybridized carbons (Fsp3) is 0.160. The number of carbonyl (C=O) groups excluding carboxylic acids is 3. The van der Waals surface area contributed by atoms with Crippen LogP contribution in [0.5, 0.6) is 5.75 Å². The van der Waals surface area contributed by atoms with Crippen molar-refractivity contribution in [2.45, 2.75) is 6.42 Å². The molecule has 33 heavy (non-hydrogen) atoms. The van der Waals surface area contributed by atoms with Crippen molar-refractivity contribution < 1.29 is 19.1 Å². The van der Waals surface area contributed by atoms with Gasteiger partial charge in [0.1, 0.15) is 5.75 Å². The minimum atomic E-state index is -0.542. The Kier molecular flexibility index (Phi) is 6.60. The highest BCUT2D eigenvalue weighted by molar-refractivity contribution is 6.34. The van der Waals surface area contributed by atoms with Gasteiger partial charge in [-0.2, -0.15) is 0 Å². The summed E-state index contributed by atoms with van der Waals surface area (Å²) in [6.45, 7) is 0.255. The summed E-state index contributed by atoms with van der Waals surface area (Å²) in [5, 5.41) is 5.99. The molecule has 0 spiro atoms. The Morgan fingerprint density at radius 2 is 1.61 bits per heavy atom. The van der Waals surface area contributed by atoms with Gasteiger partial charge in [0.25, 0.3) is 5.91 Å². The van der Waals surface area contributed by atoms with Crippen LogP contribution in [0.1, 0.15) is 16.8 Å². The van der Waals surface area contributed by atoms with Crippen LogP contribution in [0.25, 0.3) is 0 Å². The molecule has 0 bridgehead atoms.